The number of nitrogens with zero attached hydrogens (tertiary/aromatic N) is 1. The Bertz CT molecular complexity index is 818. The average Bonchev–Trinajstić information content (AvgIpc) is 2.86. The Balaban J connectivity index is 1.74. The Labute approximate surface area is 127 Å². The molecule has 1 aliphatic rings. The number of hydrogen-bond acceptors (Lipinski definition) is 3. The lowest BCUT2D eigenvalue weighted by molar-refractivity contribution is 0.0715. The highest BCUT2D eigenvalue weighted by Gasteiger charge is 2.25. The molecular weight excluding hydrogens is 281 g/mol. The van der Waals surface area contributed by atoms with Crippen molar-refractivity contribution in [3.63, 3.8) is 0 Å². The number of hydrogen-bond donors (Lipinski definition) is 0. The molecule has 0 aromatic heterocycles. The van der Waals surface area contributed by atoms with Crippen molar-refractivity contribution in [2.24, 2.45) is 0 Å². The van der Waals surface area contributed by atoms with Crippen LogP contribution in [0.2, 0.25) is 0 Å². The van der Waals surface area contributed by atoms with E-state index in [1.807, 2.05) is 24.3 Å². The van der Waals surface area contributed by atoms with Crippen LogP contribution < -0.4 is 0 Å². The molecule has 2 aromatic rings. The summed E-state index contributed by atoms with van der Waals surface area (Å²) in [6.45, 7) is 0. The molecule has 0 unspecified atom stereocenters. The second-order valence-corrected chi connectivity index (χ2v) is 4.97. The predicted molar refractivity (Wildman–Crippen MR) is 79.3 cm³/mol. The van der Waals surface area contributed by atoms with Crippen molar-refractivity contribution in [1.82, 2.24) is 0 Å². The van der Waals surface area contributed by atoms with Crippen LogP contribution in [0.5, 0.6) is 0 Å². The third-order valence-corrected chi connectivity index (χ3v) is 3.53. The van der Waals surface area contributed by atoms with Gasteiger partial charge in [0.05, 0.1) is 11.1 Å². The summed E-state index contributed by atoms with van der Waals surface area (Å²) in [5.41, 5.74) is 2.28. The van der Waals surface area contributed by atoms with Crippen molar-refractivity contribution in [3.8, 4) is 6.07 Å². The molecule has 0 aliphatic carbocycles. The van der Waals surface area contributed by atoms with Gasteiger partial charge in [-0.15, -0.1) is 0 Å². The van der Waals surface area contributed by atoms with E-state index in [2.05, 4.69) is 0 Å². The Morgan fingerprint density at radius 1 is 1.18 bits per heavy atom. The molecule has 0 bridgehead atoms. The molecule has 0 radical (unpaired) electrons. The normalized spacial score (nSPS) is 14.5. The third-order valence-electron chi connectivity index (χ3n) is 3.53. The van der Waals surface area contributed by atoms with Gasteiger partial charge in [0.2, 0.25) is 0 Å². The van der Waals surface area contributed by atoms with Crippen LogP contribution in [0.4, 0.5) is 4.39 Å². The minimum Gasteiger partial charge on any atom is -0.423 e. The Kier molecular flexibility index (Phi) is 3.71. The van der Waals surface area contributed by atoms with Gasteiger partial charge in [0.15, 0.2) is 0 Å². The number of ether oxygens (including phenoxy) is 1. The van der Waals surface area contributed by atoms with E-state index in [1.54, 1.807) is 24.3 Å². The van der Waals surface area contributed by atoms with E-state index in [4.69, 9.17) is 10.00 Å². The molecule has 0 saturated heterocycles. The van der Waals surface area contributed by atoms with Gasteiger partial charge in [-0.05, 0) is 42.7 Å². The van der Waals surface area contributed by atoms with Crippen LogP contribution in [0, 0.1) is 17.1 Å². The van der Waals surface area contributed by atoms with Crippen LogP contribution in [0.1, 0.15) is 33.5 Å². The zero-order valence-corrected chi connectivity index (χ0v) is 11.7. The maximum atomic E-state index is 13.3. The van der Waals surface area contributed by atoms with Crippen LogP contribution in [0.25, 0.3) is 5.76 Å². The molecule has 0 amide bonds. The summed E-state index contributed by atoms with van der Waals surface area (Å²) in [5.74, 6) is -0.290. The van der Waals surface area contributed by atoms with Gasteiger partial charge < -0.3 is 4.74 Å². The maximum absolute atomic E-state index is 13.3. The number of aryl methyl sites for hydroxylation is 1. The Morgan fingerprint density at radius 3 is 2.73 bits per heavy atom. The topological polar surface area (TPSA) is 50.1 Å². The number of rotatable bonds is 3. The lowest BCUT2D eigenvalue weighted by Gasteiger charge is -2.02. The molecule has 1 heterocycles. The number of halogens is 1. The first-order chi connectivity index (χ1) is 10.7. The van der Waals surface area contributed by atoms with Gasteiger partial charge in [-0.25, -0.2) is 9.18 Å². The molecule has 0 atom stereocenters. The summed E-state index contributed by atoms with van der Waals surface area (Å²) in [7, 11) is 0. The van der Waals surface area contributed by atoms with Crippen LogP contribution in [0.3, 0.4) is 0 Å². The molecule has 3 nitrogen and oxygen atoms in total. The van der Waals surface area contributed by atoms with E-state index < -0.39 is 5.82 Å². The lowest BCUT2D eigenvalue weighted by atomic mass is 10.0. The molecule has 2 aromatic carbocycles. The third kappa shape index (κ3) is 2.61. The van der Waals surface area contributed by atoms with Gasteiger partial charge in [-0.2, -0.15) is 5.26 Å². The van der Waals surface area contributed by atoms with Crippen LogP contribution in [-0.2, 0) is 11.2 Å². The largest absolute Gasteiger partial charge is 0.423 e. The number of cyclic esters (lactones) is 1. The number of fused-ring (bicyclic) bond motifs is 1. The van der Waals surface area contributed by atoms with Crippen LogP contribution in [-0.4, -0.2) is 5.97 Å². The van der Waals surface area contributed by atoms with Crippen molar-refractivity contribution in [3.05, 3.63) is 76.6 Å². The minimum absolute atomic E-state index is 0.0443. The summed E-state index contributed by atoms with van der Waals surface area (Å²) in [4.78, 5) is 11.7. The van der Waals surface area contributed by atoms with E-state index >= 15 is 0 Å². The van der Waals surface area contributed by atoms with E-state index in [-0.39, 0.29) is 11.5 Å². The standard InChI is InChI=1S/C18H12FNO2/c19-16-9-8-12(10-13(16)11-20)4-3-7-17-14-5-1-2-6-15(14)18(21)22-17/h1-2,5-10H,3-4H2/b17-7-. The predicted octanol–water partition coefficient (Wildman–Crippen LogP) is 3.84. The van der Waals surface area contributed by atoms with Crippen molar-refractivity contribution in [2.75, 3.05) is 0 Å². The molecule has 3 rings (SSSR count). The number of esters is 1. The van der Waals surface area contributed by atoms with E-state index in [1.165, 1.54) is 6.07 Å². The zero-order valence-electron chi connectivity index (χ0n) is 11.7. The molecule has 0 saturated carbocycles. The van der Waals surface area contributed by atoms with Crippen molar-refractivity contribution >= 4 is 11.7 Å². The van der Waals surface area contributed by atoms with Gasteiger partial charge in [-0.1, -0.05) is 24.3 Å². The quantitative estimate of drug-likeness (QED) is 0.808. The second-order valence-electron chi connectivity index (χ2n) is 4.97. The number of allylic oxidation sites excluding steroid dienone is 1. The number of nitriles is 1. The summed E-state index contributed by atoms with van der Waals surface area (Å²) >= 11 is 0. The van der Waals surface area contributed by atoms with Crippen molar-refractivity contribution < 1.29 is 13.9 Å². The Morgan fingerprint density at radius 2 is 1.95 bits per heavy atom. The van der Waals surface area contributed by atoms with Gasteiger partial charge in [0.1, 0.15) is 17.6 Å². The summed E-state index contributed by atoms with van der Waals surface area (Å²) in [6, 6.07) is 13.6. The lowest BCUT2D eigenvalue weighted by Crippen LogP contribution is -1.92. The van der Waals surface area contributed by atoms with Gasteiger partial charge in [0, 0.05) is 5.56 Å². The first-order valence-electron chi connectivity index (χ1n) is 6.89. The number of carbonyl (C=O) groups excluding carboxylic acids is 1. The van der Waals surface area contributed by atoms with Crippen LogP contribution >= 0.6 is 0 Å². The molecule has 4 heteroatoms. The first kappa shape index (κ1) is 14.0. The first-order valence-corrected chi connectivity index (χ1v) is 6.89. The molecule has 1 aliphatic heterocycles. The van der Waals surface area contributed by atoms with Gasteiger partial charge in [-0.3, -0.25) is 0 Å². The number of benzene rings is 2. The fraction of sp³-hybridized carbons (Fsp3) is 0.111. The van der Waals surface area contributed by atoms with Crippen LogP contribution in [0.15, 0.2) is 48.5 Å². The minimum atomic E-state index is -0.511. The fourth-order valence-electron chi connectivity index (χ4n) is 2.42. The Hall–Kier alpha value is -2.93. The monoisotopic (exact) mass is 293 g/mol. The highest BCUT2D eigenvalue weighted by Crippen LogP contribution is 2.29. The molecule has 108 valence electrons. The molecular formula is C18H12FNO2. The second kappa shape index (κ2) is 5.82. The summed E-state index contributed by atoms with van der Waals surface area (Å²) in [5, 5.41) is 8.82. The molecule has 22 heavy (non-hydrogen) atoms. The fourth-order valence-corrected chi connectivity index (χ4v) is 2.42. The molecule has 0 spiro atoms. The highest BCUT2D eigenvalue weighted by atomic mass is 19.1. The maximum Gasteiger partial charge on any atom is 0.344 e. The summed E-state index contributed by atoms with van der Waals surface area (Å²) < 4.78 is 18.5. The zero-order chi connectivity index (χ0) is 15.5. The van der Waals surface area contributed by atoms with Gasteiger partial charge in [0.25, 0.3) is 0 Å². The SMILES string of the molecule is N#Cc1cc(CC/C=C2\OC(=O)c3ccccc32)ccc1F. The van der Waals surface area contributed by atoms with Crippen molar-refractivity contribution in [2.45, 2.75) is 12.8 Å². The number of carbonyl (C=O) groups is 1. The van der Waals surface area contributed by atoms with E-state index in [0.717, 1.165) is 11.1 Å². The summed E-state index contributed by atoms with van der Waals surface area (Å²) in [6.07, 6.45) is 3.12. The molecule has 0 fully saturated rings. The smallest absolute Gasteiger partial charge is 0.344 e. The van der Waals surface area contributed by atoms with E-state index in [9.17, 15) is 9.18 Å². The van der Waals surface area contributed by atoms with Crippen molar-refractivity contribution in [1.29, 1.82) is 5.26 Å². The molecule has 0 N–H and O–H groups in total. The van der Waals surface area contributed by atoms with E-state index in [0.29, 0.717) is 24.2 Å². The van der Waals surface area contributed by atoms with Gasteiger partial charge >= 0.3 is 5.97 Å². The highest BCUT2D eigenvalue weighted by molar-refractivity contribution is 6.02. The average molecular weight is 293 g/mol.